The molecule has 0 aliphatic rings. The molecule has 0 unspecified atom stereocenters. The number of hydrogen-bond acceptors (Lipinski definition) is 3. The summed E-state index contributed by atoms with van der Waals surface area (Å²) < 4.78 is 0. The normalized spacial score (nSPS) is 10.6. The van der Waals surface area contributed by atoms with Crippen molar-refractivity contribution in [2.24, 2.45) is 0 Å². The van der Waals surface area contributed by atoms with Gasteiger partial charge in [0, 0.05) is 30.3 Å². The molecule has 0 bridgehead atoms. The first kappa shape index (κ1) is 19.0. The summed E-state index contributed by atoms with van der Waals surface area (Å²) in [4.78, 5) is 16.9. The zero-order valence-corrected chi connectivity index (χ0v) is 14.7. The average molecular weight is 323 g/mol. The summed E-state index contributed by atoms with van der Waals surface area (Å²) in [6.45, 7) is 3.02. The molecule has 3 nitrogen and oxygen atoms in total. The molecule has 0 radical (unpaired) electrons. The van der Waals surface area contributed by atoms with Gasteiger partial charge in [0.15, 0.2) is 0 Å². The lowest BCUT2D eigenvalue weighted by Gasteiger charge is -2.05. The lowest BCUT2D eigenvalue weighted by molar-refractivity contribution is -0.121. The third kappa shape index (κ3) is 10.7. The van der Waals surface area contributed by atoms with E-state index in [-0.39, 0.29) is 5.91 Å². The largest absolute Gasteiger partial charge is 0.356 e. The number of pyridine rings is 1. The van der Waals surface area contributed by atoms with E-state index in [9.17, 15) is 4.79 Å². The number of unbranched alkanes of at least 4 members (excludes halogenated alkanes) is 6. The number of carbonyl (C=O) groups excluding carboxylic acids is 1. The molecule has 0 fully saturated rings. The molecule has 4 heteroatoms. The Morgan fingerprint density at radius 1 is 1.05 bits per heavy atom. The first-order valence-electron chi connectivity index (χ1n) is 8.62. The molecule has 0 spiro atoms. The van der Waals surface area contributed by atoms with Gasteiger partial charge >= 0.3 is 0 Å². The van der Waals surface area contributed by atoms with Gasteiger partial charge in [-0.1, -0.05) is 45.4 Å². The predicted molar refractivity (Wildman–Crippen MR) is 95.2 cm³/mol. The monoisotopic (exact) mass is 322 g/mol. The molecule has 0 aliphatic carbocycles. The van der Waals surface area contributed by atoms with Crippen LogP contribution in [0.3, 0.4) is 0 Å². The average Bonchev–Trinajstić information content (AvgIpc) is 2.54. The van der Waals surface area contributed by atoms with Gasteiger partial charge in [0.05, 0.1) is 0 Å². The van der Waals surface area contributed by atoms with E-state index in [4.69, 9.17) is 0 Å². The molecule has 1 amide bonds. The summed E-state index contributed by atoms with van der Waals surface area (Å²) in [5.41, 5.74) is 0. The predicted octanol–water partition coefficient (Wildman–Crippen LogP) is 4.82. The maximum atomic E-state index is 11.7. The van der Waals surface area contributed by atoms with Crippen LogP contribution in [-0.2, 0) is 4.79 Å². The number of nitrogens with one attached hydrogen (secondary N) is 1. The van der Waals surface area contributed by atoms with Crippen molar-refractivity contribution in [3.05, 3.63) is 24.5 Å². The van der Waals surface area contributed by atoms with Crippen LogP contribution in [0.15, 0.2) is 29.4 Å². The van der Waals surface area contributed by atoms with Crippen molar-refractivity contribution in [1.82, 2.24) is 10.3 Å². The first-order chi connectivity index (χ1) is 10.8. The minimum atomic E-state index is 0.211. The van der Waals surface area contributed by atoms with Gasteiger partial charge in [-0.2, -0.15) is 0 Å². The molecular weight excluding hydrogens is 292 g/mol. The van der Waals surface area contributed by atoms with E-state index >= 15 is 0 Å². The molecule has 0 aromatic carbocycles. The maximum absolute atomic E-state index is 11.7. The number of carbonyl (C=O) groups is 1. The molecule has 1 aromatic rings. The number of thioether (sulfide) groups is 1. The highest BCUT2D eigenvalue weighted by Gasteiger charge is 2.00. The van der Waals surface area contributed by atoms with Crippen LogP contribution in [0.1, 0.15) is 64.7 Å². The van der Waals surface area contributed by atoms with Gasteiger partial charge in [-0.15, -0.1) is 11.8 Å². The van der Waals surface area contributed by atoms with Crippen LogP contribution in [-0.4, -0.2) is 23.2 Å². The SMILES string of the molecule is CCCCCCCCCC(=O)NCCCSc1ccncc1. The van der Waals surface area contributed by atoms with Gasteiger partial charge in [0.2, 0.25) is 5.91 Å². The molecule has 0 saturated carbocycles. The first-order valence-corrected chi connectivity index (χ1v) is 9.61. The van der Waals surface area contributed by atoms with Crippen molar-refractivity contribution in [2.75, 3.05) is 12.3 Å². The Kier molecular flexibility index (Phi) is 11.8. The Bertz CT molecular complexity index is 384. The van der Waals surface area contributed by atoms with Crippen LogP contribution in [0.5, 0.6) is 0 Å². The number of rotatable bonds is 13. The molecule has 1 aromatic heterocycles. The molecule has 0 aliphatic heterocycles. The second-order valence-corrected chi connectivity index (χ2v) is 6.77. The number of nitrogens with zero attached hydrogens (tertiary/aromatic N) is 1. The van der Waals surface area contributed by atoms with Gasteiger partial charge in [-0.3, -0.25) is 9.78 Å². The fourth-order valence-corrected chi connectivity index (χ4v) is 3.09. The third-order valence-corrected chi connectivity index (χ3v) is 4.67. The Morgan fingerprint density at radius 2 is 1.73 bits per heavy atom. The van der Waals surface area contributed by atoms with E-state index in [1.807, 2.05) is 36.3 Å². The van der Waals surface area contributed by atoms with E-state index in [2.05, 4.69) is 17.2 Å². The lowest BCUT2D eigenvalue weighted by atomic mass is 10.1. The zero-order valence-electron chi connectivity index (χ0n) is 13.9. The second kappa shape index (κ2) is 13.6. The van der Waals surface area contributed by atoms with Crippen molar-refractivity contribution in [3.63, 3.8) is 0 Å². The smallest absolute Gasteiger partial charge is 0.219 e. The van der Waals surface area contributed by atoms with E-state index < -0.39 is 0 Å². The summed E-state index contributed by atoms with van der Waals surface area (Å²) in [6, 6.07) is 4.04. The van der Waals surface area contributed by atoms with Crippen LogP contribution < -0.4 is 5.32 Å². The minimum Gasteiger partial charge on any atom is -0.356 e. The summed E-state index contributed by atoms with van der Waals surface area (Å²) in [7, 11) is 0. The number of aromatic nitrogens is 1. The molecule has 0 saturated heterocycles. The second-order valence-electron chi connectivity index (χ2n) is 5.61. The van der Waals surface area contributed by atoms with Gasteiger partial charge in [-0.05, 0) is 30.7 Å². The van der Waals surface area contributed by atoms with Crippen LogP contribution in [0.25, 0.3) is 0 Å². The Balaban J connectivity index is 1.87. The standard InChI is InChI=1S/C18H30N2OS/c1-2-3-4-5-6-7-8-10-18(21)20-13-9-16-22-17-11-14-19-15-12-17/h11-12,14-15H,2-10,13,16H2,1H3,(H,20,21). The molecule has 124 valence electrons. The molecule has 1 rings (SSSR count). The summed E-state index contributed by atoms with van der Waals surface area (Å²) in [5.74, 6) is 1.24. The fraction of sp³-hybridized carbons (Fsp3) is 0.667. The highest BCUT2D eigenvalue weighted by atomic mass is 32.2. The van der Waals surface area contributed by atoms with Crippen molar-refractivity contribution < 1.29 is 4.79 Å². The van der Waals surface area contributed by atoms with Crippen LogP contribution >= 0.6 is 11.8 Å². The van der Waals surface area contributed by atoms with Crippen molar-refractivity contribution in [2.45, 2.75) is 69.6 Å². The third-order valence-electron chi connectivity index (χ3n) is 3.57. The number of amides is 1. The summed E-state index contributed by atoms with van der Waals surface area (Å²) >= 11 is 1.81. The highest BCUT2D eigenvalue weighted by Crippen LogP contribution is 2.16. The van der Waals surface area contributed by atoms with Gasteiger partial charge in [0.25, 0.3) is 0 Å². The summed E-state index contributed by atoms with van der Waals surface area (Å²) in [5, 5.41) is 3.02. The number of hydrogen-bond donors (Lipinski definition) is 1. The maximum Gasteiger partial charge on any atom is 0.219 e. The molecule has 1 heterocycles. The van der Waals surface area contributed by atoms with E-state index in [0.717, 1.165) is 25.1 Å². The molecule has 22 heavy (non-hydrogen) atoms. The lowest BCUT2D eigenvalue weighted by Crippen LogP contribution is -2.24. The fourth-order valence-electron chi connectivity index (χ4n) is 2.26. The molecule has 1 N–H and O–H groups in total. The Hall–Kier alpha value is -1.03. The van der Waals surface area contributed by atoms with E-state index in [0.29, 0.717) is 6.42 Å². The Morgan fingerprint density at radius 3 is 2.45 bits per heavy atom. The molecule has 0 atom stereocenters. The van der Waals surface area contributed by atoms with E-state index in [1.54, 1.807) is 0 Å². The van der Waals surface area contributed by atoms with Gasteiger partial charge < -0.3 is 5.32 Å². The molecular formula is C18H30N2OS. The van der Waals surface area contributed by atoms with Gasteiger partial charge in [0.1, 0.15) is 0 Å². The van der Waals surface area contributed by atoms with Gasteiger partial charge in [-0.25, -0.2) is 0 Å². The van der Waals surface area contributed by atoms with Crippen LogP contribution in [0, 0.1) is 0 Å². The van der Waals surface area contributed by atoms with Crippen molar-refractivity contribution in [3.8, 4) is 0 Å². The zero-order chi connectivity index (χ0) is 15.9. The quantitative estimate of drug-likeness (QED) is 0.418. The van der Waals surface area contributed by atoms with Crippen LogP contribution in [0.4, 0.5) is 0 Å². The van der Waals surface area contributed by atoms with Crippen molar-refractivity contribution in [1.29, 1.82) is 0 Å². The van der Waals surface area contributed by atoms with Crippen LogP contribution in [0.2, 0.25) is 0 Å². The Labute approximate surface area is 139 Å². The summed E-state index contributed by atoms with van der Waals surface area (Å²) in [6.07, 6.45) is 14.1. The topological polar surface area (TPSA) is 42.0 Å². The highest BCUT2D eigenvalue weighted by molar-refractivity contribution is 7.99. The van der Waals surface area contributed by atoms with E-state index in [1.165, 1.54) is 43.4 Å². The van der Waals surface area contributed by atoms with Crippen molar-refractivity contribution >= 4 is 17.7 Å². The minimum absolute atomic E-state index is 0.211.